The number of carboxylic acid groups (broad SMARTS) is 1. The number of hydrogen-bond donors (Lipinski definition) is 1. The molecule has 3 heterocycles. The second kappa shape index (κ2) is 8.07. The summed E-state index contributed by atoms with van der Waals surface area (Å²) in [5.74, 6) is -0.876. The molecule has 0 saturated carbocycles. The number of piperidine rings is 1. The Balaban J connectivity index is 2.00. The van der Waals surface area contributed by atoms with E-state index in [0.29, 0.717) is 5.65 Å². The molecule has 1 aliphatic heterocycles. The summed E-state index contributed by atoms with van der Waals surface area (Å²) in [5.41, 5.74) is 4.39. The number of hydrogen-bond acceptors (Lipinski definition) is 5. The number of carboxylic acids is 1. The Morgan fingerprint density at radius 2 is 2.10 bits per heavy atom. The summed E-state index contributed by atoms with van der Waals surface area (Å²) < 4.78 is 7.39. The number of anilines is 1. The van der Waals surface area contributed by atoms with Crippen molar-refractivity contribution in [3.05, 3.63) is 47.3 Å². The minimum absolute atomic E-state index is 0.0288. The van der Waals surface area contributed by atoms with E-state index < -0.39 is 5.97 Å². The van der Waals surface area contributed by atoms with Crippen LogP contribution in [0, 0.1) is 6.92 Å². The van der Waals surface area contributed by atoms with Gasteiger partial charge in [-0.3, -0.25) is 0 Å². The van der Waals surface area contributed by atoms with Crippen LogP contribution in [-0.2, 0) is 4.74 Å². The van der Waals surface area contributed by atoms with Gasteiger partial charge in [-0.2, -0.15) is 5.10 Å². The molecule has 7 heteroatoms. The van der Waals surface area contributed by atoms with Gasteiger partial charge in [0.05, 0.1) is 28.6 Å². The molecule has 0 spiro atoms. The highest BCUT2D eigenvalue weighted by Crippen LogP contribution is 2.36. The number of nitrogens with zero attached hydrogens (tertiary/aromatic N) is 4. The average Bonchev–Trinajstić information content (AvgIpc) is 3.13. The number of fused-ring (bicyclic) bond motifs is 1. The predicted molar refractivity (Wildman–Crippen MR) is 117 cm³/mol. The van der Waals surface area contributed by atoms with Gasteiger partial charge in [0, 0.05) is 20.2 Å². The van der Waals surface area contributed by atoms with Crippen molar-refractivity contribution in [2.24, 2.45) is 0 Å². The number of pyridine rings is 1. The second-order valence-corrected chi connectivity index (χ2v) is 8.27. The predicted octanol–water partition coefficient (Wildman–Crippen LogP) is 4.17. The standard InChI is InChI=1S/C23H28N4O3/c1-14(2)21-20-19(26-10-6-9-17(13-26)30-4)12-18(23(28)29)24-22(20)27(25-21)16-8-5-7-15(3)11-16/h5,7-8,11-12,14,17H,6,9-10,13H2,1-4H3,(H,28,29). The van der Waals surface area contributed by atoms with E-state index >= 15 is 0 Å². The van der Waals surface area contributed by atoms with Gasteiger partial charge in [0.2, 0.25) is 0 Å². The third-order valence-electron chi connectivity index (χ3n) is 5.71. The van der Waals surface area contributed by atoms with Crippen LogP contribution in [0.3, 0.4) is 0 Å². The van der Waals surface area contributed by atoms with Crippen LogP contribution in [0.4, 0.5) is 5.69 Å². The van der Waals surface area contributed by atoms with Gasteiger partial charge < -0.3 is 14.7 Å². The molecule has 7 nitrogen and oxygen atoms in total. The van der Waals surface area contributed by atoms with Crippen LogP contribution in [0.15, 0.2) is 30.3 Å². The van der Waals surface area contributed by atoms with E-state index in [1.54, 1.807) is 17.9 Å². The molecule has 1 N–H and O–H groups in total. The van der Waals surface area contributed by atoms with Gasteiger partial charge in [0.25, 0.3) is 0 Å². The van der Waals surface area contributed by atoms with Crippen molar-refractivity contribution in [3.63, 3.8) is 0 Å². The van der Waals surface area contributed by atoms with Crippen LogP contribution >= 0.6 is 0 Å². The fourth-order valence-corrected chi connectivity index (χ4v) is 4.17. The van der Waals surface area contributed by atoms with Crippen molar-refractivity contribution in [1.82, 2.24) is 14.8 Å². The summed E-state index contributed by atoms with van der Waals surface area (Å²) in [7, 11) is 1.73. The van der Waals surface area contributed by atoms with E-state index in [4.69, 9.17) is 9.84 Å². The maximum Gasteiger partial charge on any atom is 0.354 e. The third kappa shape index (κ3) is 3.65. The SMILES string of the molecule is COC1CCCN(c2cc(C(=O)O)nc3c2c(C(C)C)nn3-c2cccc(C)c2)C1. The van der Waals surface area contributed by atoms with Crippen LogP contribution < -0.4 is 4.90 Å². The lowest BCUT2D eigenvalue weighted by Gasteiger charge is -2.34. The van der Waals surface area contributed by atoms with E-state index in [2.05, 4.69) is 23.7 Å². The summed E-state index contributed by atoms with van der Waals surface area (Å²) in [5, 5.41) is 15.6. The Morgan fingerprint density at radius 3 is 2.77 bits per heavy atom. The zero-order chi connectivity index (χ0) is 21.4. The first kappa shape index (κ1) is 20.3. The summed E-state index contributed by atoms with van der Waals surface area (Å²) in [4.78, 5) is 18.7. The van der Waals surface area contributed by atoms with Gasteiger partial charge in [0.15, 0.2) is 11.3 Å². The third-order valence-corrected chi connectivity index (χ3v) is 5.71. The molecule has 2 aromatic heterocycles. The van der Waals surface area contributed by atoms with Crippen molar-refractivity contribution < 1.29 is 14.6 Å². The molecule has 158 valence electrons. The highest BCUT2D eigenvalue weighted by molar-refractivity contribution is 5.98. The highest BCUT2D eigenvalue weighted by atomic mass is 16.5. The maximum atomic E-state index is 11.9. The second-order valence-electron chi connectivity index (χ2n) is 8.27. The molecule has 0 radical (unpaired) electrons. The lowest BCUT2D eigenvalue weighted by Crippen LogP contribution is -2.39. The van der Waals surface area contributed by atoms with Crippen molar-refractivity contribution in [2.45, 2.75) is 45.6 Å². The minimum atomic E-state index is -1.04. The van der Waals surface area contributed by atoms with E-state index in [9.17, 15) is 9.90 Å². The first-order chi connectivity index (χ1) is 14.4. The topological polar surface area (TPSA) is 80.5 Å². The molecule has 3 aromatic rings. The molecule has 1 atom stereocenters. The van der Waals surface area contributed by atoms with Gasteiger partial charge >= 0.3 is 5.97 Å². The number of aryl methyl sites for hydroxylation is 1. The largest absolute Gasteiger partial charge is 0.477 e. The molecular formula is C23H28N4O3. The molecule has 0 bridgehead atoms. The quantitative estimate of drug-likeness (QED) is 0.683. The van der Waals surface area contributed by atoms with Gasteiger partial charge in [-0.25, -0.2) is 14.5 Å². The van der Waals surface area contributed by atoms with Crippen molar-refractivity contribution >= 4 is 22.7 Å². The maximum absolute atomic E-state index is 11.9. The van der Waals surface area contributed by atoms with Gasteiger partial charge in [-0.05, 0) is 49.4 Å². The van der Waals surface area contributed by atoms with Crippen LogP contribution in [0.2, 0.25) is 0 Å². The number of benzene rings is 1. The molecule has 1 saturated heterocycles. The van der Waals surface area contributed by atoms with Crippen molar-refractivity contribution in [3.8, 4) is 5.69 Å². The smallest absolute Gasteiger partial charge is 0.354 e. The number of carbonyl (C=O) groups is 1. The van der Waals surface area contributed by atoms with Crippen LogP contribution in [0.5, 0.6) is 0 Å². The highest BCUT2D eigenvalue weighted by Gasteiger charge is 2.27. The van der Waals surface area contributed by atoms with E-state index in [-0.39, 0.29) is 17.7 Å². The van der Waals surface area contributed by atoms with E-state index in [0.717, 1.165) is 53.9 Å². The Labute approximate surface area is 176 Å². The molecule has 0 aliphatic carbocycles. The Hall–Kier alpha value is -2.93. The molecule has 1 aromatic carbocycles. The zero-order valence-electron chi connectivity index (χ0n) is 17.9. The number of ether oxygens (including phenoxy) is 1. The zero-order valence-corrected chi connectivity index (χ0v) is 17.9. The number of methoxy groups -OCH3 is 1. The number of rotatable bonds is 5. The number of aromatic carboxylic acids is 1. The fourth-order valence-electron chi connectivity index (χ4n) is 4.17. The Bertz CT molecular complexity index is 1090. The Morgan fingerprint density at radius 1 is 1.30 bits per heavy atom. The number of aromatic nitrogens is 3. The lowest BCUT2D eigenvalue weighted by atomic mass is 10.0. The minimum Gasteiger partial charge on any atom is -0.477 e. The molecule has 4 rings (SSSR count). The van der Waals surface area contributed by atoms with Crippen LogP contribution in [0.1, 0.15) is 54.4 Å². The molecule has 1 fully saturated rings. The van der Waals surface area contributed by atoms with Crippen LogP contribution in [-0.4, -0.2) is 52.1 Å². The lowest BCUT2D eigenvalue weighted by molar-refractivity contribution is 0.0691. The molecule has 1 aliphatic rings. The van der Waals surface area contributed by atoms with Gasteiger partial charge in [0.1, 0.15) is 0 Å². The average molecular weight is 409 g/mol. The van der Waals surface area contributed by atoms with E-state index in [1.165, 1.54) is 0 Å². The van der Waals surface area contributed by atoms with Gasteiger partial charge in [-0.15, -0.1) is 0 Å². The first-order valence-electron chi connectivity index (χ1n) is 10.4. The summed E-state index contributed by atoms with van der Waals surface area (Å²) >= 11 is 0. The Kier molecular flexibility index (Phi) is 5.47. The first-order valence-corrected chi connectivity index (χ1v) is 10.4. The summed E-state index contributed by atoms with van der Waals surface area (Å²) in [6.07, 6.45) is 2.13. The van der Waals surface area contributed by atoms with Crippen molar-refractivity contribution in [1.29, 1.82) is 0 Å². The normalized spacial score (nSPS) is 17.1. The molecular weight excluding hydrogens is 380 g/mol. The summed E-state index contributed by atoms with van der Waals surface area (Å²) in [6, 6.07) is 9.70. The monoisotopic (exact) mass is 408 g/mol. The fraction of sp³-hybridized carbons (Fsp3) is 0.435. The van der Waals surface area contributed by atoms with Crippen molar-refractivity contribution in [2.75, 3.05) is 25.1 Å². The molecule has 30 heavy (non-hydrogen) atoms. The molecule has 0 amide bonds. The molecule has 1 unspecified atom stereocenters. The summed E-state index contributed by atoms with van der Waals surface area (Å²) in [6.45, 7) is 7.81. The van der Waals surface area contributed by atoms with E-state index in [1.807, 2.05) is 31.2 Å². The van der Waals surface area contributed by atoms with Gasteiger partial charge in [-0.1, -0.05) is 26.0 Å². The van der Waals surface area contributed by atoms with Crippen LogP contribution in [0.25, 0.3) is 16.7 Å².